The second-order valence-electron chi connectivity index (χ2n) is 3.95. The lowest BCUT2D eigenvalue weighted by molar-refractivity contribution is -0.645. The minimum Gasteiger partial charge on any atom is -0.618 e. The lowest BCUT2D eigenvalue weighted by Gasteiger charge is -2.11. The third-order valence-corrected chi connectivity index (χ3v) is 4.52. The number of ether oxygens (including phenoxy) is 2. The van der Waals surface area contributed by atoms with Crippen LogP contribution in [0.5, 0.6) is 11.5 Å². The summed E-state index contributed by atoms with van der Waals surface area (Å²) >= 11 is 4.98. The minimum absolute atomic E-state index is 0.660. The van der Waals surface area contributed by atoms with E-state index in [-0.39, 0.29) is 0 Å². The maximum absolute atomic E-state index is 11.6. The van der Waals surface area contributed by atoms with E-state index in [0.717, 1.165) is 14.8 Å². The molecule has 4 nitrogen and oxygen atoms in total. The molecule has 106 valence electrons. The van der Waals surface area contributed by atoms with Crippen LogP contribution >= 0.6 is 27.7 Å². The van der Waals surface area contributed by atoms with Gasteiger partial charge in [0, 0.05) is 22.4 Å². The van der Waals surface area contributed by atoms with E-state index < -0.39 is 0 Å². The molecule has 6 heteroatoms. The van der Waals surface area contributed by atoms with Crippen LogP contribution < -0.4 is 14.2 Å². The van der Waals surface area contributed by atoms with Gasteiger partial charge in [-0.05, 0) is 23.8 Å². The molecule has 0 saturated heterocycles. The van der Waals surface area contributed by atoms with E-state index in [4.69, 9.17) is 9.47 Å². The van der Waals surface area contributed by atoms with E-state index in [1.807, 2.05) is 18.2 Å². The molecule has 2 rings (SSSR count). The zero-order valence-corrected chi connectivity index (χ0v) is 13.5. The SMILES string of the molecule is COc1cc(Br)c(CSc2cccc[n+]2[O-])cc1OC. The van der Waals surface area contributed by atoms with Gasteiger partial charge in [-0.3, -0.25) is 0 Å². The van der Waals surface area contributed by atoms with Crippen molar-refractivity contribution in [3.63, 3.8) is 0 Å². The number of benzene rings is 1. The van der Waals surface area contributed by atoms with Crippen LogP contribution in [-0.4, -0.2) is 14.2 Å². The van der Waals surface area contributed by atoms with Crippen molar-refractivity contribution in [3.05, 3.63) is 51.8 Å². The molecular weight excluding hydrogens is 342 g/mol. The van der Waals surface area contributed by atoms with E-state index in [1.165, 1.54) is 18.0 Å². The van der Waals surface area contributed by atoms with Crippen LogP contribution in [0, 0.1) is 5.21 Å². The quantitative estimate of drug-likeness (QED) is 0.468. The molecule has 0 saturated carbocycles. The van der Waals surface area contributed by atoms with Crippen molar-refractivity contribution in [1.29, 1.82) is 0 Å². The van der Waals surface area contributed by atoms with E-state index in [0.29, 0.717) is 22.3 Å². The number of thioether (sulfide) groups is 1. The lowest BCUT2D eigenvalue weighted by Crippen LogP contribution is -2.27. The van der Waals surface area contributed by atoms with Crippen LogP contribution in [-0.2, 0) is 5.75 Å². The Balaban J connectivity index is 2.19. The molecule has 0 bridgehead atoms. The third-order valence-electron chi connectivity index (χ3n) is 2.72. The Kier molecular flexibility index (Phi) is 5.14. The molecule has 2 aromatic rings. The fourth-order valence-electron chi connectivity index (χ4n) is 1.68. The molecule has 0 N–H and O–H groups in total. The molecule has 0 unspecified atom stereocenters. The first-order chi connectivity index (χ1) is 9.65. The Morgan fingerprint density at radius 2 is 1.90 bits per heavy atom. The molecule has 0 fully saturated rings. The molecule has 20 heavy (non-hydrogen) atoms. The maximum atomic E-state index is 11.6. The predicted molar refractivity (Wildman–Crippen MR) is 82.2 cm³/mol. The summed E-state index contributed by atoms with van der Waals surface area (Å²) in [5.41, 5.74) is 1.04. The van der Waals surface area contributed by atoms with Crippen molar-refractivity contribution in [2.24, 2.45) is 0 Å². The van der Waals surface area contributed by atoms with Gasteiger partial charge in [-0.2, -0.15) is 4.73 Å². The largest absolute Gasteiger partial charge is 0.618 e. The number of hydrogen-bond donors (Lipinski definition) is 0. The van der Waals surface area contributed by atoms with Gasteiger partial charge < -0.3 is 14.7 Å². The lowest BCUT2D eigenvalue weighted by atomic mass is 10.2. The summed E-state index contributed by atoms with van der Waals surface area (Å²) in [6.07, 6.45) is 1.49. The number of hydrogen-bond acceptors (Lipinski definition) is 4. The highest BCUT2D eigenvalue weighted by molar-refractivity contribution is 9.10. The van der Waals surface area contributed by atoms with Gasteiger partial charge >= 0.3 is 0 Å². The molecule has 0 spiro atoms. The van der Waals surface area contributed by atoms with Gasteiger partial charge in [-0.1, -0.05) is 27.7 Å². The molecule has 0 radical (unpaired) electrons. The molecule has 0 aliphatic rings. The average molecular weight is 356 g/mol. The number of aromatic nitrogens is 1. The molecule has 1 aromatic carbocycles. The molecular formula is C14H14BrNO3S. The number of halogens is 1. The maximum Gasteiger partial charge on any atom is 0.251 e. The van der Waals surface area contributed by atoms with Crippen molar-refractivity contribution in [1.82, 2.24) is 0 Å². The Bertz CT molecular complexity index is 607. The van der Waals surface area contributed by atoms with Gasteiger partial charge in [0.1, 0.15) is 0 Å². The second-order valence-corrected chi connectivity index (χ2v) is 5.80. The van der Waals surface area contributed by atoms with Crippen molar-refractivity contribution in [2.45, 2.75) is 10.8 Å². The summed E-state index contributed by atoms with van der Waals surface area (Å²) in [6.45, 7) is 0. The predicted octanol–water partition coefficient (Wildman–Crippen LogP) is 3.39. The molecule has 0 aliphatic carbocycles. The molecule has 1 aromatic heterocycles. The van der Waals surface area contributed by atoms with E-state index in [9.17, 15) is 5.21 Å². The van der Waals surface area contributed by atoms with Crippen LogP contribution in [0.2, 0.25) is 0 Å². The molecule has 0 amide bonds. The minimum atomic E-state index is 0.660. The summed E-state index contributed by atoms with van der Waals surface area (Å²) in [4.78, 5) is 0. The molecule has 0 atom stereocenters. The van der Waals surface area contributed by atoms with Crippen LogP contribution in [0.15, 0.2) is 46.0 Å². The highest BCUT2D eigenvalue weighted by Gasteiger charge is 2.12. The zero-order chi connectivity index (χ0) is 14.5. The number of pyridine rings is 1. The van der Waals surface area contributed by atoms with Gasteiger partial charge in [0.25, 0.3) is 5.03 Å². The van der Waals surface area contributed by atoms with Crippen LogP contribution in [0.1, 0.15) is 5.56 Å². The molecule has 1 heterocycles. The van der Waals surface area contributed by atoms with Gasteiger partial charge in [0.2, 0.25) is 0 Å². The van der Waals surface area contributed by atoms with Crippen molar-refractivity contribution < 1.29 is 14.2 Å². The fraction of sp³-hybridized carbons (Fsp3) is 0.214. The monoisotopic (exact) mass is 355 g/mol. The second kappa shape index (κ2) is 6.85. The number of rotatable bonds is 5. The van der Waals surface area contributed by atoms with Crippen molar-refractivity contribution in [2.75, 3.05) is 14.2 Å². The first-order valence-electron chi connectivity index (χ1n) is 5.87. The Morgan fingerprint density at radius 3 is 2.55 bits per heavy atom. The van der Waals surface area contributed by atoms with E-state index in [1.54, 1.807) is 26.4 Å². The Labute approximate surface area is 130 Å². The van der Waals surface area contributed by atoms with Crippen LogP contribution in [0.3, 0.4) is 0 Å². The van der Waals surface area contributed by atoms with Crippen molar-refractivity contribution >= 4 is 27.7 Å². The first kappa shape index (κ1) is 15.0. The van der Waals surface area contributed by atoms with Crippen LogP contribution in [0.25, 0.3) is 0 Å². The first-order valence-corrected chi connectivity index (χ1v) is 7.65. The smallest absolute Gasteiger partial charge is 0.251 e. The number of methoxy groups -OCH3 is 2. The van der Waals surface area contributed by atoms with E-state index in [2.05, 4.69) is 15.9 Å². The van der Waals surface area contributed by atoms with Crippen LogP contribution in [0.4, 0.5) is 0 Å². The number of nitrogens with zero attached hydrogens (tertiary/aromatic N) is 1. The van der Waals surface area contributed by atoms with Gasteiger partial charge in [0.15, 0.2) is 17.7 Å². The van der Waals surface area contributed by atoms with Gasteiger partial charge in [0.05, 0.1) is 14.2 Å². The topological polar surface area (TPSA) is 45.4 Å². The Hall–Kier alpha value is -1.40. The summed E-state index contributed by atoms with van der Waals surface area (Å²) in [5.74, 6) is 2.01. The molecule has 0 aliphatic heterocycles. The standard InChI is InChI=1S/C14H14BrNO3S/c1-18-12-7-10(11(15)8-13(12)19-2)9-20-14-5-3-4-6-16(14)17/h3-8H,9H2,1-2H3. The Morgan fingerprint density at radius 1 is 1.20 bits per heavy atom. The van der Waals surface area contributed by atoms with Gasteiger partial charge in [-0.15, -0.1) is 0 Å². The zero-order valence-electron chi connectivity index (χ0n) is 11.1. The van der Waals surface area contributed by atoms with E-state index >= 15 is 0 Å². The summed E-state index contributed by atoms with van der Waals surface area (Å²) in [7, 11) is 3.20. The van der Waals surface area contributed by atoms with Crippen molar-refractivity contribution in [3.8, 4) is 11.5 Å². The summed E-state index contributed by atoms with van der Waals surface area (Å²) in [5, 5.41) is 12.2. The summed E-state index contributed by atoms with van der Waals surface area (Å²) < 4.78 is 12.3. The van der Waals surface area contributed by atoms with Gasteiger partial charge in [-0.25, -0.2) is 0 Å². The normalized spacial score (nSPS) is 10.3. The fourth-order valence-corrected chi connectivity index (χ4v) is 3.24. The highest BCUT2D eigenvalue weighted by Crippen LogP contribution is 2.35. The summed E-state index contributed by atoms with van der Waals surface area (Å²) in [6, 6.07) is 9.13. The third kappa shape index (κ3) is 3.37. The highest BCUT2D eigenvalue weighted by atomic mass is 79.9. The average Bonchev–Trinajstić information content (AvgIpc) is 2.47.